The summed E-state index contributed by atoms with van der Waals surface area (Å²) in [4.78, 5) is 13.8. The van der Waals surface area contributed by atoms with Crippen LogP contribution in [0.2, 0.25) is 0 Å². The number of rotatable bonds is 5. The third kappa shape index (κ3) is 3.47. The highest BCUT2D eigenvalue weighted by Crippen LogP contribution is 2.16. The van der Waals surface area contributed by atoms with Crippen molar-refractivity contribution < 1.29 is 9.53 Å². The van der Waals surface area contributed by atoms with Crippen molar-refractivity contribution >= 4 is 5.91 Å². The van der Waals surface area contributed by atoms with Gasteiger partial charge in [0.2, 0.25) is 0 Å². The molecule has 0 saturated carbocycles. The minimum Gasteiger partial charge on any atom is -0.484 e. The quantitative estimate of drug-likeness (QED) is 0.849. The van der Waals surface area contributed by atoms with Gasteiger partial charge in [0.1, 0.15) is 5.75 Å². The average Bonchev–Trinajstić information content (AvgIpc) is 2.86. The molecule has 0 spiro atoms. The Labute approximate surface area is 108 Å². The number of amides is 1. The zero-order chi connectivity index (χ0) is 12.8. The number of carbonyl (C=O) groups is 1. The summed E-state index contributed by atoms with van der Waals surface area (Å²) in [6.07, 6.45) is 1.08. The number of benzene rings is 1. The number of hydrogen-bond acceptors (Lipinski definition) is 3. The van der Waals surface area contributed by atoms with Crippen LogP contribution in [-0.4, -0.2) is 44.1 Å². The first-order valence-corrected chi connectivity index (χ1v) is 6.40. The van der Waals surface area contributed by atoms with Gasteiger partial charge in [0.15, 0.2) is 6.61 Å². The first-order valence-electron chi connectivity index (χ1n) is 6.40. The molecule has 0 radical (unpaired) electrons. The molecule has 0 aromatic heterocycles. The molecule has 4 heteroatoms. The van der Waals surface area contributed by atoms with E-state index in [-0.39, 0.29) is 12.5 Å². The zero-order valence-corrected chi connectivity index (χ0v) is 10.8. The highest BCUT2D eigenvalue weighted by Gasteiger charge is 2.25. The molecule has 1 saturated heterocycles. The third-order valence-corrected chi connectivity index (χ3v) is 3.24. The third-order valence-electron chi connectivity index (χ3n) is 3.24. The number of ether oxygens (including phenoxy) is 1. The number of para-hydroxylation sites is 1. The van der Waals surface area contributed by atoms with Crippen LogP contribution in [-0.2, 0) is 4.79 Å². The van der Waals surface area contributed by atoms with Crippen LogP contribution in [0, 0.1) is 5.92 Å². The van der Waals surface area contributed by atoms with Crippen molar-refractivity contribution in [1.82, 2.24) is 10.2 Å². The molecule has 1 aliphatic heterocycles. The van der Waals surface area contributed by atoms with Crippen molar-refractivity contribution in [2.75, 3.05) is 33.3 Å². The number of carbonyl (C=O) groups excluding carboxylic acids is 1. The lowest BCUT2D eigenvalue weighted by Gasteiger charge is -2.16. The Morgan fingerprint density at radius 2 is 2.22 bits per heavy atom. The van der Waals surface area contributed by atoms with Gasteiger partial charge in [0.05, 0.1) is 0 Å². The molecule has 1 N–H and O–H groups in total. The average molecular weight is 248 g/mol. The standard InChI is InChI=1S/C14H20N2O2/c1-15-9-12-7-8-16(10-12)14(17)11-18-13-5-3-2-4-6-13/h2-6,12,15H,7-11H2,1H3/t12-/m0/s1. The molecule has 1 aromatic rings. The summed E-state index contributed by atoms with van der Waals surface area (Å²) in [5.41, 5.74) is 0. The molecule has 18 heavy (non-hydrogen) atoms. The Hall–Kier alpha value is -1.55. The molecule has 1 atom stereocenters. The van der Waals surface area contributed by atoms with Gasteiger partial charge >= 0.3 is 0 Å². The summed E-state index contributed by atoms with van der Waals surface area (Å²) in [5, 5.41) is 3.16. The van der Waals surface area contributed by atoms with Gasteiger partial charge in [0.25, 0.3) is 5.91 Å². The van der Waals surface area contributed by atoms with Crippen LogP contribution in [0.15, 0.2) is 30.3 Å². The summed E-state index contributed by atoms with van der Waals surface area (Å²) in [7, 11) is 1.95. The van der Waals surface area contributed by atoms with Gasteiger partial charge < -0.3 is 15.0 Å². The Balaban J connectivity index is 1.76. The largest absolute Gasteiger partial charge is 0.484 e. The molecule has 4 nitrogen and oxygen atoms in total. The van der Waals surface area contributed by atoms with E-state index in [0.717, 1.165) is 31.8 Å². The molecule has 2 rings (SSSR count). The van der Waals surface area contributed by atoms with Crippen molar-refractivity contribution in [3.8, 4) is 5.75 Å². The summed E-state index contributed by atoms with van der Waals surface area (Å²) in [6, 6.07) is 9.46. The molecule has 0 unspecified atom stereocenters. The van der Waals surface area contributed by atoms with E-state index in [4.69, 9.17) is 4.74 Å². The second-order valence-corrected chi connectivity index (χ2v) is 4.65. The Kier molecular flexibility index (Phi) is 4.59. The summed E-state index contributed by atoms with van der Waals surface area (Å²) >= 11 is 0. The van der Waals surface area contributed by atoms with E-state index >= 15 is 0 Å². The van der Waals surface area contributed by atoms with Crippen molar-refractivity contribution in [3.05, 3.63) is 30.3 Å². The molecule has 0 aliphatic carbocycles. The van der Waals surface area contributed by atoms with Gasteiger partial charge in [-0.25, -0.2) is 0 Å². The minimum absolute atomic E-state index is 0.0810. The van der Waals surface area contributed by atoms with E-state index in [1.165, 1.54) is 0 Å². The fourth-order valence-electron chi connectivity index (χ4n) is 2.27. The van der Waals surface area contributed by atoms with Crippen molar-refractivity contribution in [3.63, 3.8) is 0 Å². The van der Waals surface area contributed by atoms with Gasteiger partial charge in [-0.2, -0.15) is 0 Å². The number of hydrogen-bond donors (Lipinski definition) is 1. The highest BCUT2D eigenvalue weighted by atomic mass is 16.5. The Morgan fingerprint density at radius 3 is 2.94 bits per heavy atom. The maximum absolute atomic E-state index is 11.9. The lowest BCUT2D eigenvalue weighted by atomic mass is 10.1. The van der Waals surface area contributed by atoms with E-state index in [0.29, 0.717) is 5.92 Å². The van der Waals surface area contributed by atoms with Gasteiger partial charge in [-0.15, -0.1) is 0 Å². The van der Waals surface area contributed by atoms with E-state index in [9.17, 15) is 4.79 Å². The maximum Gasteiger partial charge on any atom is 0.260 e. The molecule has 1 amide bonds. The van der Waals surface area contributed by atoms with Crippen LogP contribution in [0.1, 0.15) is 6.42 Å². The SMILES string of the molecule is CNC[C@@H]1CCN(C(=O)COc2ccccc2)C1. The van der Waals surface area contributed by atoms with Crippen LogP contribution >= 0.6 is 0 Å². The minimum atomic E-state index is 0.0810. The molecular weight excluding hydrogens is 228 g/mol. The fourth-order valence-corrected chi connectivity index (χ4v) is 2.27. The summed E-state index contributed by atoms with van der Waals surface area (Å²) < 4.78 is 5.47. The predicted octanol–water partition coefficient (Wildman–Crippen LogP) is 1.13. The van der Waals surface area contributed by atoms with Crippen molar-refractivity contribution in [2.45, 2.75) is 6.42 Å². The highest BCUT2D eigenvalue weighted by molar-refractivity contribution is 5.78. The Bertz CT molecular complexity index is 381. The maximum atomic E-state index is 11.9. The van der Waals surface area contributed by atoms with E-state index in [1.807, 2.05) is 42.3 Å². The summed E-state index contributed by atoms with van der Waals surface area (Å²) in [5.74, 6) is 1.41. The van der Waals surface area contributed by atoms with Crippen molar-refractivity contribution in [2.24, 2.45) is 5.92 Å². The lowest BCUT2D eigenvalue weighted by molar-refractivity contribution is -0.132. The second kappa shape index (κ2) is 6.40. The van der Waals surface area contributed by atoms with Gasteiger partial charge in [0, 0.05) is 13.1 Å². The van der Waals surface area contributed by atoms with E-state index in [1.54, 1.807) is 0 Å². The molecule has 1 heterocycles. The smallest absolute Gasteiger partial charge is 0.260 e. The second-order valence-electron chi connectivity index (χ2n) is 4.65. The van der Waals surface area contributed by atoms with Crippen LogP contribution in [0.25, 0.3) is 0 Å². The monoisotopic (exact) mass is 248 g/mol. The van der Waals surface area contributed by atoms with Gasteiger partial charge in [-0.3, -0.25) is 4.79 Å². The molecule has 1 aliphatic rings. The molecule has 0 bridgehead atoms. The first kappa shape index (κ1) is 12.9. The van der Waals surface area contributed by atoms with Gasteiger partial charge in [-0.05, 0) is 38.1 Å². The fraction of sp³-hybridized carbons (Fsp3) is 0.500. The number of nitrogens with one attached hydrogen (secondary N) is 1. The molecule has 1 aromatic carbocycles. The van der Waals surface area contributed by atoms with E-state index < -0.39 is 0 Å². The van der Waals surface area contributed by atoms with Gasteiger partial charge in [-0.1, -0.05) is 18.2 Å². The first-order chi connectivity index (χ1) is 8.79. The lowest BCUT2D eigenvalue weighted by Crippen LogP contribution is -2.34. The van der Waals surface area contributed by atoms with Crippen LogP contribution < -0.4 is 10.1 Å². The van der Waals surface area contributed by atoms with Crippen LogP contribution in [0.4, 0.5) is 0 Å². The summed E-state index contributed by atoms with van der Waals surface area (Å²) in [6.45, 7) is 2.81. The topological polar surface area (TPSA) is 41.6 Å². The molecule has 98 valence electrons. The van der Waals surface area contributed by atoms with Crippen LogP contribution in [0.5, 0.6) is 5.75 Å². The zero-order valence-electron chi connectivity index (χ0n) is 10.8. The number of likely N-dealkylation sites (tertiary alicyclic amines) is 1. The van der Waals surface area contributed by atoms with Crippen molar-refractivity contribution in [1.29, 1.82) is 0 Å². The van der Waals surface area contributed by atoms with E-state index in [2.05, 4.69) is 5.32 Å². The number of nitrogens with zero attached hydrogens (tertiary/aromatic N) is 1. The molecule has 1 fully saturated rings. The predicted molar refractivity (Wildman–Crippen MR) is 70.6 cm³/mol. The normalized spacial score (nSPS) is 18.9. The molecular formula is C14H20N2O2. The Morgan fingerprint density at radius 1 is 1.44 bits per heavy atom. The van der Waals surface area contributed by atoms with Crippen LogP contribution in [0.3, 0.4) is 0 Å².